The summed E-state index contributed by atoms with van der Waals surface area (Å²) in [6.07, 6.45) is 3.25. The molecule has 0 radical (unpaired) electrons. The highest BCUT2D eigenvalue weighted by molar-refractivity contribution is 5.92. The molecule has 5 nitrogen and oxygen atoms in total. The molecule has 0 fully saturated rings. The lowest BCUT2D eigenvalue weighted by Gasteiger charge is -2.26. The van der Waals surface area contributed by atoms with Gasteiger partial charge in [-0.1, -0.05) is 37.0 Å². The van der Waals surface area contributed by atoms with Crippen molar-refractivity contribution in [1.29, 1.82) is 0 Å². The van der Waals surface area contributed by atoms with E-state index >= 15 is 0 Å². The van der Waals surface area contributed by atoms with Gasteiger partial charge in [-0.3, -0.25) is 9.59 Å². The zero-order chi connectivity index (χ0) is 16.7. The van der Waals surface area contributed by atoms with Crippen LogP contribution in [0.1, 0.15) is 36.3 Å². The van der Waals surface area contributed by atoms with E-state index in [1.165, 1.54) is 6.20 Å². The van der Waals surface area contributed by atoms with Gasteiger partial charge in [-0.2, -0.15) is 0 Å². The van der Waals surface area contributed by atoms with Gasteiger partial charge in [0.15, 0.2) is 0 Å². The van der Waals surface area contributed by atoms with Gasteiger partial charge in [-0.05, 0) is 25.5 Å². The number of nitrogens with zero attached hydrogens (tertiary/aromatic N) is 2. The van der Waals surface area contributed by atoms with Crippen molar-refractivity contribution in [2.24, 2.45) is 0 Å². The Morgan fingerprint density at radius 3 is 2.70 bits per heavy atom. The molecule has 0 unspecified atom stereocenters. The fourth-order valence-corrected chi connectivity index (χ4v) is 2.00. The molecule has 1 aromatic heterocycles. The van der Waals surface area contributed by atoms with E-state index in [0.717, 1.165) is 18.2 Å². The monoisotopic (exact) mass is 309 g/mol. The lowest BCUT2D eigenvalue weighted by atomic mass is 10.2. The molecular weight excluding hydrogens is 290 g/mol. The molecular formula is C18H19N3O2. The summed E-state index contributed by atoms with van der Waals surface area (Å²) in [6, 6.07) is 9.65. The standard InChI is InChI=1S/C18H19N3O2/c1-3-14(2)21(11-7-10-15-8-5-4-6-9-15)18(23)16-12-20-17(22)13-19-16/h4-6,8-9,12-14H,3,11H2,1-2H3,(H,20,22)/t14-/m1/s1. The maximum Gasteiger partial charge on any atom is 0.274 e. The summed E-state index contributed by atoms with van der Waals surface area (Å²) >= 11 is 0. The number of benzene rings is 1. The number of nitrogens with one attached hydrogen (secondary N) is 1. The second-order valence-corrected chi connectivity index (χ2v) is 5.15. The Labute approximate surface area is 135 Å². The van der Waals surface area contributed by atoms with Crippen molar-refractivity contribution in [2.75, 3.05) is 6.54 Å². The first-order valence-electron chi connectivity index (χ1n) is 7.51. The molecule has 2 rings (SSSR count). The Morgan fingerprint density at radius 1 is 1.35 bits per heavy atom. The summed E-state index contributed by atoms with van der Waals surface area (Å²) in [6.45, 7) is 4.28. The van der Waals surface area contributed by atoms with Crippen molar-refractivity contribution in [3.05, 3.63) is 64.3 Å². The van der Waals surface area contributed by atoms with E-state index in [1.54, 1.807) is 4.90 Å². The Kier molecular flexibility index (Phi) is 5.70. The number of H-pyrrole nitrogens is 1. The predicted molar refractivity (Wildman–Crippen MR) is 89.0 cm³/mol. The van der Waals surface area contributed by atoms with E-state index in [-0.39, 0.29) is 23.2 Å². The average molecular weight is 309 g/mol. The number of carbonyl (C=O) groups excluding carboxylic acids is 1. The third kappa shape index (κ3) is 4.55. The minimum absolute atomic E-state index is 0.0290. The molecule has 1 amide bonds. The first-order valence-corrected chi connectivity index (χ1v) is 7.51. The Hall–Kier alpha value is -2.87. The maximum atomic E-state index is 12.6. The van der Waals surface area contributed by atoms with Crippen LogP contribution in [0.2, 0.25) is 0 Å². The quantitative estimate of drug-likeness (QED) is 0.879. The molecule has 1 aromatic carbocycles. The van der Waals surface area contributed by atoms with Crippen LogP contribution in [-0.4, -0.2) is 33.4 Å². The highest BCUT2D eigenvalue weighted by atomic mass is 16.2. The first-order chi connectivity index (χ1) is 11.1. The molecule has 2 aromatic rings. The summed E-state index contributed by atoms with van der Waals surface area (Å²) in [7, 11) is 0. The summed E-state index contributed by atoms with van der Waals surface area (Å²) in [5.74, 6) is 5.84. The Morgan fingerprint density at radius 2 is 2.09 bits per heavy atom. The summed E-state index contributed by atoms with van der Waals surface area (Å²) in [4.78, 5) is 31.7. The fraction of sp³-hybridized carbons (Fsp3) is 0.278. The van der Waals surface area contributed by atoms with E-state index in [9.17, 15) is 9.59 Å². The maximum absolute atomic E-state index is 12.6. The number of carbonyl (C=O) groups is 1. The molecule has 0 aliphatic rings. The molecule has 0 saturated heterocycles. The predicted octanol–water partition coefficient (Wildman–Crippen LogP) is 2.06. The number of hydrogen-bond donors (Lipinski definition) is 1. The van der Waals surface area contributed by atoms with Crippen LogP contribution in [0.15, 0.2) is 47.5 Å². The Balaban J connectivity index is 2.17. The van der Waals surface area contributed by atoms with Gasteiger partial charge in [0.05, 0.1) is 12.7 Å². The minimum Gasteiger partial charge on any atom is -0.325 e. The zero-order valence-electron chi connectivity index (χ0n) is 13.2. The van der Waals surface area contributed by atoms with Crippen LogP contribution in [0.25, 0.3) is 0 Å². The molecule has 1 atom stereocenters. The third-order valence-corrected chi connectivity index (χ3v) is 3.53. The molecule has 5 heteroatoms. The molecule has 0 bridgehead atoms. The van der Waals surface area contributed by atoms with Crippen molar-refractivity contribution in [2.45, 2.75) is 26.3 Å². The first kappa shape index (κ1) is 16.5. The second kappa shape index (κ2) is 7.95. The van der Waals surface area contributed by atoms with Crippen LogP contribution in [0.3, 0.4) is 0 Å². The van der Waals surface area contributed by atoms with Crippen molar-refractivity contribution < 1.29 is 4.79 Å². The SMILES string of the molecule is CC[C@@H](C)N(CC#Cc1ccccc1)C(=O)c1c[nH]c(=O)cn1. The van der Waals surface area contributed by atoms with Gasteiger partial charge in [-0.15, -0.1) is 0 Å². The van der Waals surface area contributed by atoms with Crippen molar-refractivity contribution in [3.8, 4) is 11.8 Å². The minimum atomic E-state index is -0.333. The van der Waals surface area contributed by atoms with E-state index in [4.69, 9.17) is 0 Å². The third-order valence-electron chi connectivity index (χ3n) is 3.53. The fourth-order valence-electron chi connectivity index (χ4n) is 2.00. The van der Waals surface area contributed by atoms with Crippen LogP contribution >= 0.6 is 0 Å². The normalized spacial score (nSPS) is 11.2. The van der Waals surface area contributed by atoms with E-state index < -0.39 is 0 Å². The molecule has 0 aliphatic heterocycles. The van der Waals surface area contributed by atoms with Gasteiger partial charge in [-0.25, -0.2) is 4.98 Å². The van der Waals surface area contributed by atoms with Crippen LogP contribution in [0.4, 0.5) is 0 Å². The lowest BCUT2D eigenvalue weighted by Crippen LogP contribution is -2.39. The van der Waals surface area contributed by atoms with Gasteiger partial charge in [0.25, 0.3) is 11.5 Å². The molecule has 1 heterocycles. The average Bonchev–Trinajstić information content (AvgIpc) is 2.59. The summed E-state index contributed by atoms with van der Waals surface area (Å²) in [5.41, 5.74) is 0.790. The summed E-state index contributed by atoms with van der Waals surface area (Å²) < 4.78 is 0. The number of hydrogen-bond acceptors (Lipinski definition) is 3. The van der Waals surface area contributed by atoms with Gasteiger partial charge >= 0.3 is 0 Å². The Bertz CT molecular complexity index is 752. The number of rotatable bonds is 4. The highest BCUT2D eigenvalue weighted by Gasteiger charge is 2.20. The van der Waals surface area contributed by atoms with E-state index in [1.807, 2.05) is 44.2 Å². The van der Waals surface area contributed by atoms with Crippen LogP contribution < -0.4 is 5.56 Å². The van der Waals surface area contributed by atoms with Gasteiger partial charge in [0.2, 0.25) is 0 Å². The van der Waals surface area contributed by atoms with E-state index in [0.29, 0.717) is 6.54 Å². The number of aromatic amines is 1. The zero-order valence-corrected chi connectivity index (χ0v) is 13.2. The second-order valence-electron chi connectivity index (χ2n) is 5.15. The largest absolute Gasteiger partial charge is 0.325 e. The highest BCUT2D eigenvalue weighted by Crippen LogP contribution is 2.08. The molecule has 0 aliphatic carbocycles. The van der Waals surface area contributed by atoms with Crippen molar-refractivity contribution in [3.63, 3.8) is 0 Å². The molecule has 23 heavy (non-hydrogen) atoms. The molecule has 1 N–H and O–H groups in total. The smallest absolute Gasteiger partial charge is 0.274 e. The molecule has 0 spiro atoms. The van der Waals surface area contributed by atoms with E-state index in [2.05, 4.69) is 21.8 Å². The van der Waals surface area contributed by atoms with Crippen LogP contribution in [-0.2, 0) is 0 Å². The summed E-state index contributed by atoms with van der Waals surface area (Å²) in [5, 5.41) is 0. The van der Waals surface area contributed by atoms with Crippen molar-refractivity contribution in [1.82, 2.24) is 14.9 Å². The van der Waals surface area contributed by atoms with Gasteiger partial charge in [0, 0.05) is 17.8 Å². The van der Waals surface area contributed by atoms with Gasteiger partial charge < -0.3 is 9.88 Å². The number of amides is 1. The van der Waals surface area contributed by atoms with Crippen LogP contribution in [0, 0.1) is 11.8 Å². The van der Waals surface area contributed by atoms with Gasteiger partial charge in [0.1, 0.15) is 5.69 Å². The van der Waals surface area contributed by atoms with Crippen LogP contribution in [0.5, 0.6) is 0 Å². The molecule has 118 valence electrons. The number of aromatic nitrogens is 2. The lowest BCUT2D eigenvalue weighted by molar-refractivity contribution is 0.0710. The molecule has 0 saturated carbocycles. The van der Waals surface area contributed by atoms with Crippen molar-refractivity contribution >= 4 is 5.91 Å². The topological polar surface area (TPSA) is 66.1 Å².